The lowest BCUT2D eigenvalue weighted by molar-refractivity contribution is 0.790. The molecule has 0 bridgehead atoms. The van der Waals surface area contributed by atoms with E-state index in [1.807, 2.05) is 18.2 Å². The SMILES string of the molecule is Nn1c(SCc2ccccn2)nnc1C1CC1. The molecule has 2 N–H and O–H groups in total. The van der Waals surface area contributed by atoms with E-state index in [2.05, 4.69) is 15.2 Å². The summed E-state index contributed by atoms with van der Waals surface area (Å²) in [4.78, 5) is 4.26. The first-order valence-corrected chi connectivity index (χ1v) is 6.56. The van der Waals surface area contributed by atoms with E-state index in [9.17, 15) is 0 Å². The first-order chi connectivity index (χ1) is 8.34. The van der Waals surface area contributed by atoms with Crippen molar-refractivity contribution in [3.05, 3.63) is 35.9 Å². The highest BCUT2D eigenvalue weighted by molar-refractivity contribution is 7.98. The molecule has 2 heterocycles. The molecule has 0 saturated heterocycles. The van der Waals surface area contributed by atoms with Gasteiger partial charge in [0.15, 0.2) is 5.82 Å². The maximum Gasteiger partial charge on any atom is 0.210 e. The summed E-state index contributed by atoms with van der Waals surface area (Å²) >= 11 is 1.57. The molecule has 5 nitrogen and oxygen atoms in total. The molecular weight excluding hydrogens is 234 g/mol. The number of nitrogens with zero attached hydrogens (tertiary/aromatic N) is 4. The Labute approximate surface area is 103 Å². The summed E-state index contributed by atoms with van der Waals surface area (Å²) in [5.41, 5.74) is 1.02. The number of hydrogen-bond donors (Lipinski definition) is 1. The maximum atomic E-state index is 5.96. The van der Waals surface area contributed by atoms with Crippen LogP contribution in [0, 0.1) is 0 Å². The lowest BCUT2D eigenvalue weighted by atomic mass is 10.4. The molecular formula is C11H13N5S. The molecule has 2 aromatic rings. The maximum absolute atomic E-state index is 5.96. The molecule has 0 aliphatic heterocycles. The van der Waals surface area contributed by atoms with Crippen LogP contribution in [0.1, 0.15) is 30.3 Å². The number of nitrogen functional groups attached to an aromatic ring is 1. The number of pyridine rings is 1. The standard InChI is InChI=1S/C11H13N5S/c12-16-10(8-4-5-8)14-15-11(16)17-7-9-3-1-2-6-13-9/h1-3,6,8H,4-5,7,12H2. The first-order valence-electron chi connectivity index (χ1n) is 5.57. The van der Waals surface area contributed by atoms with Gasteiger partial charge in [-0.1, -0.05) is 17.8 Å². The quantitative estimate of drug-likeness (QED) is 0.656. The second kappa shape index (κ2) is 4.37. The van der Waals surface area contributed by atoms with Crippen molar-refractivity contribution in [1.29, 1.82) is 0 Å². The minimum absolute atomic E-state index is 0.525. The highest BCUT2D eigenvalue weighted by atomic mass is 32.2. The molecule has 0 atom stereocenters. The van der Waals surface area contributed by atoms with Gasteiger partial charge < -0.3 is 5.84 Å². The predicted octanol–water partition coefficient (Wildman–Crippen LogP) is 1.56. The van der Waals surface area contributed by atoms with Gasteiger partial charge in [0.2, 0.25) is 5.16 Å². The van der Waals surface area contributed by atoms with Crippen LogP contribution in [-0.4, -0.2) is 19.9 Å². The number of nitrogens with two attached hydrogens (primary N) is 1. The Morgan fingerprint density at radius 1 is 1.35 bits per heavy atom. The third-order valence-electron chi connectivity index (χ3n) is 2.71. The van der Waals surface area contributed by atoms with Crippen LogP contribution in [0.25, 0.3) is 0 Å². The van der Waals surface area contributed by atoms with Crippen molar-refractivity contribution < 1.29 is 0 Å². The van der Waals surface area contributed by atoms with Crippen molar-refractivity contribution in [2.75, 3.05) is 5.84 Å². The largest absolute Gasteiger partial charge is 0.336 e. The summed E-state index contributed by atoms with van der Waals surface area (Å²) in [6.07, 6.45) is 4.15. The van der Waals surface area contributed by atoms with Crippen molar-refractivity contribution in [1.82, 2.24) is 19.9 Å². The van der Waals surface area contributed by atoms with E-state index in [4.69, 9.17) is 5.84 Å². The summed E-state index contributed by atoms with van der Waals surface area (Å²) in [5, 5.41) is 9.01. The van der Waals surface area contributed by atoms with Crippen LogP contribution in [0.4, 0.5) is 0 Å². The monoisotopic (exact) mass is 247 g/mol. The average molecular weight is 247 g/mol. The van der Waals surface area contributed by atoms with Gasteiger partial charge in [0.25, 0.3) is 0 Å². The van der Waals surface area contributed by atoms with Gasteiger partial charge in [0.1, 0.15) is 0 Å². The number of hydrogen-bond acceptors (Lipinski definition) is 5. The topological polar surface area (TPSA) is 69.6 Å². The number of aromatic nitrogens is 4. The van der Waals surface area contributed by atoms with Crippen LogP contribution in [0.15, 0.2) is 29.6 Å². The molecule has 1 aliphatic carbocycles. The minimum atomic E-state index is 0.525. The molecule has 3 rings (SSSR count). The van der Waals surface area contributed by atoms with Crippen molar-refractivity contribution in [3.63, 3.8) is 0 Å². The normalized spacial score (nSPS) is 15.1. The van der Waals surface area contributed by atoms with Gasteiger partial charge in [-0.15, -0.1) is 10.2 Å². The zero-order valence-electron chi connectivity index (χ0n) is 9.28. The van der Waals surface area contributed by atoms with E-state index in [0.717, 1.165) is 22.4 Å². The molecule has 2 aromatic heterocycles. The highest BCUT2D eigenvalue weighted by Crippen LogP contribution is 2.39. The fourth-order valence-corrected chi connectivity index (χ4v) is 2.41. The Hall–Kier alpha value is -1.56. The smallest absolute Gasteiger partial charge is 0.210 e. The van der Waals surface area contributed by atoms with Gasteiger partial charge in [-0.3, -0.25) is 4.98 Å². The van der Waals surface area contributed by atoms with E-state index >= 15 is 0 Å². The van der Waals surface area contributed by atoms with Crippen LogP contribution in [0.3, 0.4) is 0 Å². The van der Waals surface area contributed by atoms with Gasteiger partial charge in [0.05, 0.1) is 5.69 Å². The third-order valence-corrected chi connectivity index (χ3v) is 3.69. The third kappa shape index (κ3) is 2.26. The fourth-order valence-electron chi connectivity index (χ4n) is 1.63. The van der Waals surface area contributed by atoms with E-state index in [1.54, 1.807) is 22.6 Å². The molecule has 1 aliphatic rings. The fraction of sp³-hybridized carbons (Fsp3) is 0.364. The molecule has 1 saturated carbocycles. The molecule has 0 aromatic carbocycles. The Bertz CT molecular complexity index is 506. The number of thioether (sulfide) groups is 1. The Morgan fingerprint density at radius 2 is 2.24 bits per heavy atom. The first kappa shape index (κ1) is 10.6. The van der Waals surface area contributed by atoms with Gasteiger partial charge >= 0.3 is 0 Å². The summed E-state index contributed by atoms with van der Waals surface area (Å²) in [6, 6.07) is 5.88. The number of rotatable bonds is 4. The molecule has 0 unspecified atom stereocenters. The van der Waals surface area contributed by atoms with Crippen molar-refractivity contribution in [3.8, 4) is 0 Å². The highest BCUT2D eigenvalue weighted by Gasteiger charge is 2.29. The second-order valence-corrected chi connectivity index (χ2v) is 5.04. The van der Waals surface area contributed by atoms with Crippen LogP contribution in [-0.2, 0) is 5.75 Å². The Kier molecular flexibility index (Phi) is 2.72. The Morgan fingerprint density at radius 3 is 2.94 bits per heavy atom. The van der Waals surface area contributed by atoms with Gasteiger partial charge in [-0.25, -0.2) is 4.68 Å². The van der Waals surface area contributed by atoms with E-state index in [1.165, 1.54) is 12.8 Å². The summed E-state index contributed by atoms with van der Waals surface area (Å²) in [6.45, 7) is 0. The van der Waals surface area contributed by atoms with Crippen LogP contribution in [0.5, 0.6) is 0 Å². The van der Waals surface area contributed by atoms with Crippen molar-refractivity contribution >= 4 is 11.8 Å². The van der Waals surface area contributed by atoms with Crippen molar-refractivity contribution in [2.45, 2.75) is 29.7 Å². The molecule has 88 valence electrons. The zero-order valence-corrected chi connectivity index (χ0v) is 10.1. The molecule has 0 amide bonds. The zero-order chi connectivity index (χ0) is 11.7. The summed E-state index contributed by atoms with van der Waals surface area (Å²) in [5.74, 6) is 8.16. The van der Waals surface area contributed by atoms with Crippen LogP contribution >= 0.6 is 11.8 Å². The second-order valence-electron chi connectivity index (χ2n) is 4.09. The predicted molar refractivity (Wildman–Crippen MR) is 65.9 cm³/mol. The van der Waals surface area contributed by atoms with Crippen LogP contribution < -0.4 is 5.84 Å². The van der Waals surface area contributed by atoms with Crippen LogP contribution in [0.2, 0.25) is 0 Å². The van der Waals surface area contributed by atoms with Gasteiger partial charge in [-0.05, 0) is 25.0 Å². The van der Waals surface area contributed by atoms with Crippen molar-refractivity contribution in [2.24, 2.45) is 0 Å². The van der Waals surface area contributed by atoms with Gasteiger partial charge in [0, 0.05) is 17.9 Å². The molecule has 6 heteroatoms. The van der Waals surface area contributed by atoms with E-state index in [0.29, 0.717) is 5.92 Å². The van der Waals surface area contributed by atoms with E-state index < -0.39 is 0 Å². The van der Waals surface area contributed by atoms with Gasteiger partial charge in [-0.2, -0.15) is 0 Å². The molecule has 1 fully saturated rings. The van der Waals surface area contributed by atoms with E-state index in [-0.39, 0.29) is 0 Å². The lowest BCUT2D eigenvalue weighted by Crippen LogP contribution is -2.13. The Balaban J connectivity index is 1.69. The molecule has 17 heavy (non-hydrogen) atoms. The summed E-state index contributed by atoms with van der Waals surface area (Å²) < 4.78 is 1.62. The lowest BCUT2D eigenvalue weighted by Gasteiger charge is -2.02. The summed E-state index contributed by atoms with van der Waals surface area (Å²) in [7, 11) is 0. The molecule has 0 spiro atoms. The minimum Gasteiger partial charge on any atom is -0.336 e. The average Bonchev–Trinajstić information content (AvgIpc) is 3.13. The molecule has 0 radical (unpaired) electrons.